The zero-order valence-electron chi connectivity index (χ0n) is 21.8. The molecule has 0 saturated heterocycles. The molecule has 0 radical (unpaired) electrons. The molecule has 0 heterocycles. The van der Waals surface area contributed by atoms with Gasteiger partial charge in [0, 0.05) is 0 Å². The van der Waals surface area contributed by atoms with Crippen molar-refractivity contribution >= 4 is 11.4 Å². The minimum atomic E-state index is -3.11. The minimum absolute atomic E-state index is 1.33. The van der Waals surface area contributed by atoms with Crippen molar-refractivity contribution in [2.45, 2.75) is 107 Å². The van der Waals surface area contributed by atoms with Crippen LogP contribution in [-0.2, 0) is 11.4 Å². The van der Waals surface area contributed by atoms with Crippen molar-refractivity contribution in [3.63, 3.8) is 0 Å². The topological polar surface area (TPSA) is 63.2 Å². The molecule has 0 aliphatic heterocycles. The Morgan fingerprint density at radius 2 is 0.533 bits per heavy atom. The van der Waals surface area contributed by atoms with Crippen LogP contribution in [0, 0.1) is 0 Å². The maximum atomic E-state index is 8.44. The van der Waals surface area contributed by atoms with E-state index < -0.39 is 11.4 Å². The first-order chi connectivity index (χ1) is 14.2. The van der Waals surface area contributed by atoms with Crippen molar-refractivity contribution in [1.82, 2.24) is 0 Å². The molecule has 0 aliphatic carbocycles. The van der Waals surface area contributed by atoms with Gasteiger partial charge in [0.2, 0.25) is 0 Å². The first-order valence-electron chi connectivity index (χ1n) is 12.7. The molecule has 0 bridgehead atoms. The fourth-order valence-electron chi connectivity index (χ4n) is 5.14. The van der Waals surface area contributed by atoms with E-state index in [9.17, 15) is 0 Å². The highest BCUT2D eigenvalue weighted by Gasteiger charge is 2.23. The number of hydrogen-bond donors (Lipinski definition) is 0. The Balaban J connectivity index is -0.000000412. The highest BCUT2D eigenvalue weighted by molar-refractivity contribution is 7.72. The average Bonchev–Trinajstić information content (AvgIpc) is 2.64. The van der Waals surface area contributed by atoms with Gasteiger partial charge >= 0.3 is 0 Å². The van der Waals surface area contributed by atoms with Gasteiger partial charge in [-0.05, 0) is 51.4 Å². The predicted octanol–water partition coefficient (Wildman–Crippen LogP) is 5.88. The van der Waals surface area contributed by atoms with Crippen LogP contribution in [0.15, 0.2) is 0 Å². The van der Waals surface area contributed by atoms with Crippen LogP contribution in [0.3, 0.4) is 0 Å². The zero-order chi connectivity index (χ0) is 23.9. The number of rotatable bonds is 16. The minimum Gasteiger partial charge on any atom is -0.784 e. The van der Waals surface area contributed by atoms with Gasteiger partial charge in [0.05, 0.1) is 52.4 Å². The van der Waals surface area contributed by atoms with Crippen LogP contribution in [0.1, 0.15) is 107 Å². The fourth-order valence-corrected chi connectivity index (χ4v) is 5.14. The molecule has 0 rings (SSSR count). The van der Waals surface area contributed by atoms with Crippen molar-refractivity contribution in [1.29, 1.82) is 0 Å². The van der Waals surface area contributed by atoms with Gasteiger partial charge in [-0.2, -0.15) is 0 Å². The highest BCUT2D eigenvalue weighted by atomic mass is 32.2. The summed E-state index contributed by atoms with van der Waals surface area (Å²) in [7, 11) is 0. The molecule has 0 aromatic carbocycles. The molecule has 0 spiro atoms. The van der Waals surface area contributed by atoms with Crippen molar-refractivity contribution in [3.05, 3.63) is 0 Å². The maximum Gasteiger partial charge on any atom is 0.0783 e. The zero-order valence-corrected chi connectivity index (χ0v) is 22.7. The van der Waals surface area contributed by atoms with Crippen LogP contribution in [0.4, 0.5) is 0 Å². The monoisotopic (exact) mass is 452 g/mol. The molecule has 0 fully saturated rings. The first-order valence-corrected chi connectivity index (χ1v) is 13.7. The summed E-state index contributed by atoms with van der Waals surface area (Å²) in [6.45, 7) is 29.6. The molecule has 5 nitrogen and oxygen atoms in total. The van der Waals surface area contributed by atoms with Gasteiger partial charge in [-0.3, -0.25) is 4.21 Å². The van der Waals surface area contributed by atoms with Gasteiger partial charge in [0.15, 0.2) is 0 Å². The molecular weight excluding hydrogens is 396 g/mol. The van der Waals surface area contributed by atoms with E-state index in [0.717, 1.165) is 0 Å². The molecule has 0 atom stereocenters. The van der Waals surface area contributed by atoms with Crippen LogP contribution >= 0.6 is 0 Å². The van der Waals surface area contributed by atoms with Gasteiger partial charge in [-0.15, -0.1) is 11.4 Å². The fraction of sp³-hybridized carbons (Fsp3) is 1.00. The second-order valence-electron chi connectivity index (χ2n) is 8.68. The molecule has 0 N–H and O–H groups in total. The summed E-state index contributed by atoms with van der Waals surface area (Å²) < 4.78 is 28.1. The van der Waals surface area contributed by atoms with Crippen molar-refractivity contribution in [2.24, 2.45) is 0 Å². The third-order valence-corrected chi connectivity index (χ3v) is 5.58. The van der Waals surface area contributed by atoms with Crippen molar-refractivity contribution < 1.29 is 22.3 Å². The van der Waals surface area contributed by atoms with E-state index in [-0.39, 0.29) is 0 Å². The lowest BCUT2D eigenvalue weighted by Gasteiger charge is -2.38. The van der Waals surface area contributed by atoms with Gasteiger partial charge in [0.25, 0.3) is 0 Å². The third-order valence-electron chi connectivity index (χ3n) is 5.58. The van der Waals surface area contributed by atoms with Crippen LogP contribution in [0.5, 0.6) is 0 Å². The Morgan fingerprint density at radius 1 is 0.433 bits per heavy atom. The summed E-state index contributed by atoms with van der Waals surface area (Å²) >= 11 is -3.11. The van der Waals surface area contributed by atoms with Crippen molar-refractivity contribution in [3.8, 4) is 0 Å². The lowest BCUT2D eigenvalue weighted by atomic mass is 10.2. The molecule has 0 aromatic heterocycles. The summed E-state index contributed by atoms with van der Waals surface area (Å²) in [5.74, 6) is 0. The van der Waals surface area contributed by atoms with E-state index in [1.807, 2.05) is 0 Å². The van der Waals surface area contributed by atoms with Gasteiger partial charge in [-0.1, -0.05) is 55.4 Å². The van der Waals surface area contributed by atoms with Crippen LogP contribution in [-0.4, -0.2) is 74.6 Å². The third kappa shape index (κ3) is 19.9. The lowest BCUT2D eigenvalue weighted by molar-refractivity contribution is -0.928. The Labute approximate surface area is 192 Å². The molecule has 30 heavy (non-hydrogen) atoms. The van der Waals surface area contributed by atoms with E-state index in [1.54, 1.807) is 0 Å². The summed E-state index contributed by atoms with van der Waals surface area (Å²) in [5.41, 5.74) is 0. The second kappa shape index (κ2) is 23.6. The molecule has 6 heteroatoms. The molecule has 0 aromatic rings. The van der Waals surface area contributed by atoms with E-state index >= 15 is 0 Å². The average molecular weight is 453 g/mol. The quantitative estimate of drug-likeness (QED) is 0.217. The Hall–Kier alpha value is -0.0100. The molecule has 0 unspecified atom stereocenters. The molecular formula is C24H56N2O3S. The lowest BCUT2D eigenvalue weighted by Crippen LogP contribution is -2.50. The normalized spacial score (nSPS) is 11.6. The van der Waals surface area contributed by atoms with E-state index in [4.69, 9.17) is 13.3 Å². The van der Waals surface area contributed by atoms with Gasteiger partial charge < -0.3 is 18.1 Å². The highest BCUT2D eigenvalue weighted by Crippen LogP contribution is 2.13. The molecule has 0 saturated carbocycles. The molecule has 0 amide bonds. The summed E-state index contributed by atoms with van der Waals surface area (Å²) in [6, 6.07) is 0. The summed E-state index contributed by atoms with van der Waals surface area (Å²) in [5, 5.41) is 0. The predicted molar refractivity (Wildman–Crippen MR) is 131 cm³/mol. The van der Waals surface area contributed by atoms with E-state index in [0.29, 0.717) is 0 Å². The van der Waals surface area contributed by atoms with Gasteiger partial charge in [-0.25, -0.2) is 0 Å². The van der Waals surface area contributed by atoms with E-state index in [2.05, 4.69) is 55.4 Å². The molecule has 186 valence electrons. The van der Waals surface area contributed by atoms with Crippen LogP contribution in [0.25, 0.3) is 0 Å². The van der Waals surface area contributed by atoms with Gasteiger partial charge in [0.1, 0.15) is 0 Å². The van der Waals surface area contributed by atoms with E-state index in [1.165, 1.54) is 113 Å². The maximum absolute atomic E-state index is 8.44. The first kappa shape index (κ1) is 34.6. The Morgan fingerprint density at radius 3 is 0.600 bits per heavy atom. The standard InChI is InChI=1S/2C12H28N.H2O3S/c2*1-5-9-13(10-6-2,11-7-3)12-8-4;1-4(2)3/h2*5-12H2,1-4H3;(H2,1,2,3)/q2*+1;/p-2. The SMILES string of the molecule is CCC[N+](CCC)(CCC)CCC.CCC[N+](CCC)(CCC)CCC.O=S([O-])[O-]. The number of quaternary nitrogens is 2. The smallest absolute Gasteiger partial charge is 0.0783 e. The second-order valence-corrected chi connectivity index (χ2v) is 9.08. The Bertz CT molecular complexity index is 277. The Kier molecular flexibility index (Phi) is 27.3. The largest absolute Gasteiger partial charge is 0.784 e. The molecule has 0 aliphatic rings. The number of nitrogens with zero attached hydrogens (tertiary/aromatic N) is 2. The van der Waals surface area contributed by atoms with Crippen LogP contribution < -0.4 is 0 Å². The summed E-state index contributed by atoms with van der Waals surface area (Å²) in [4.78, 5) is 0. The van der Waals surface area contributed by atoms with Crippen molar-refractivity contribution in [2.75, 3.05) is 52.4 Å². The summed E-state index contributed by atoms with van der Waals surface area (Å²) in [6.07, 6.45) is 10.7. The number of hydrogen-bond acceptors (Lipinski definition) is 3. The van der Waals surface area contributed by atoms with Crippen LogP contribution in [0.2, 0.25) is 0 Å².